The molecule has 3 atom stereocenters. The van der Waals surface area contributed by atoms with Crippen molar-refractivity contribution in [3.63, 3.8) is 0 Å². The van der Waals surface area contributed by atoms with Crippen molar-refractivity contribution in [1.82, 2.24) is 15.2 Å². The monoisotopic (exact) mass is 453 g/mol. The van der Waals surface area contributed by atoms with Crippen LogP contribution in [0, 0.1) is 4.91 Å². The van der Waals surface area contributed by atoms with Crippen LogP contribution in [-0.4, -0.2) is 62.1 Å². The summed E-state index contributed by atoms with van der Waals surface area (Å²) in [6.45, 7) is 0. The van der Waals surface area contributed by atoms with Gasteiger partial charge in [-0.3, -0.25) is 14.5 Å². The molecule has 2 aliphatic heterocycles. The van der Waals surface area contributed by atoms with E-state index in [2.05, 4.69) is 25.7 Å². The lowest BCUT2D eigenvalue weighted by molar-refractivity contribution is -0.150. The number of aromatic nitrogens is 1. The number of anilines is 1. The molecule has 8 N–H and O–H groups in total. The number of nitrogens with one attached hydrogen (secondary N) is 1. The molecule has 0 saturated carbocycles. The highest BCUT2D eigenvalue weighted by atomic mass is 32.2. The number of nitrogen functional groups attached to an aromatic ring is 1. The average molecular weight is 453 g/mol. The zero-order chi connectivity index (χ0) is 22.0. The normalized spacial score (nSPS) is 21.6. The number of guanidine groups is 1. The van der Waals surface area contributed by atoms with Gasteiger partial charge in [-0.1, -0.05) is 0 Å². The molecular weight excluding hydrogens is 438 g/mol. The summed E-state index contributed by atoms with van der Waals surface area (Å²) in [5.41, 5.74) is 15.8. The third-order valence-electron chi connectivity index (χ3n) is 4.06. The van der Waals surface area contributed by atoms with Crippen molar-refractivity contribution in [3.05, 3.63) is 27.3 Å². The lowest BCUT2D eigenvalue weighted by atomic mass is 10.0. The zero-order valence-corrected chi connectivity index (χ0v) is 16.6. The maximum atomic E-state index is 12.6. The van der Waals surface area contributed by atoms with Gasteiger partial charge in [0.25, 0.3) is 11.8 Å². The van der Waals surface area contributed by atoms with Crippen LogP contribution in [0.25, 0.3) is 0 Å². The Balaban J connectivity index is 1.77. The molecule has 16 heteroatoms. The van der Waals surface area contributed by atoms with Crippen LogP contribution in [0.15, 0.2) is 32.0 Å². The first-order valence-electron chi connectivity index (χ1n) is 8.11. The minimum Gasteiger partial charge on any atom is -0.477 e. The van der Waals surface area contributed by atoms with Crippen LogP contribution in [-0.2, 0) is 14.4 Å². The fraction of sp³-hybridized carbons (Fsp3) is 0.286. The Bertz CT molecular complexity index is 1000. The van der Waals surface area contributed by atoms with E-state index in [0.29, 0.717) is 0 Å². The second-order valence-electron chi connectivity index (χ2n) is 5.96. The van der Waals surface area contributed by atoms with Gasteiger partial charge in [-0.05, 0) is 5.18 Å². The Morgan fingerprint density at radius 2 is 2.17 bits per heavy atom. The summed E-state index contributed by atoms with van der Waals surface area (Å²) in [5.74, 6) is -2.99. The molecule has 3 heterocycles. The summed E-state index contributed by atoms with van der Waals surface area (Å²) in [6, 6.07) is -2.51. The number of nitroso groups, excluding NO2 is 1. The SMILES string of the molecule is NC(N)=NN=CC1=C(C(=O)O)N2C(=O)C(NC(=O)C(N=O)c3csc(N)n3)[C@@H]2SC1. The van der Waals surface area contributed by atoms with E-state index < -0.39 is 35.2 Å². The van der Waals surface area contributed by atoms with Crippen LogP contribution in [0.5, 0.6) is 0 Å². The van der Waals surface area contributed by atoms with Gasteiger partial charge in [-0.25, -0.2) is 9.78 Å². The number of hydrogen-bond acceptors (Lipinski definition) is 11. The van der Waals surface area contributed by atoms with Crippen LogP contribution in [0.2, 0.25) is 0 Å². The Morgan fingerprint density at radius 1 is 1.43 bits per heavy atom. The Labute approximate surface area is 176 Å². The van der Waals surface area contributed by atoms with Crippen LogP contribution in [0.4, 0.5) is 5.13 Å². The summed E-state index contributed by atoms with van der Waals surface area (Å²) in [6.07, 6.45) is 1.14. The lowest BCUT2D eigenvalue weighted by Crippen LogP contribution is -2.70. The number of β-lactam (4-membered cyclic amide) rings is 1. The predicted molar refractivity (Wildman–Crippen MR) is 109 cm³/mol. The first-order valence-corrected chi connectivity index (χ1v) is 10.0. The fourth-order valence-corrected chi connectivity index (χ4v) is 4.68. The quantitative estimate of drug-likeness (QED) is 0.106. The van der Waals surface area contributed by atoms with Gasteiger partial charge in [0.1, 0.15) is 17.1 Å². The number of rotatable bonds is 7. The third-order valence-corrected chi connectivity index (χ3v) is 6.05. The molecule has 1 saturated heterocycles. The van der Waals surface area contributed by atoms with E-state index in [0.717, 1.165) is 22.5 Å². The van der Waals surface area contributed by atoms with Gasteiger partial charge in [-0.2, -0.15) is 5.10 Å². The molecule has 3 rings (SSSR count). The summed E-state index contributed by atoms with van der Waals surface area (Å²) in [4.78, 5) is 52.7. The van der Waals surface area contributed by atoms with Crippen molar-refractivity contribution in [2.45, 2.75) is 17.5 Å². The van der Waals surface area contributed by atoms with Crippen molar-refractivity contribution in [2.24, 2.45) is 26.8 Å². The maximum absolute atomic E-state index is 12.6. The molecule has 2 unspecified atom stereocenters. The van der Waals surface area contributed by atoms with Crippen molar-refractivity contribution in [2.75, 3.05) is 11.5 Å². The maximum Gasteiger partial charge on any atom is 0.353 e. The molecule has 14 nitrogen and oxygen atoms in total. The topological polar surface area (TPSA) is 232 Å². The second-order valence-corrected chi connectivity index (χ2v) is 7.96. The molecule has 0 radical (unpaired) electrons. The molecule has 158 valence electrons. The van der Waals surface area contributed by atoms with Gasteiger partial charge < -0.3 is 27.6 Å². The second kappa shape index (κ2) is 8.46. The number of carbonyl (C=O) groups excluding carboxylic acids is 2. The summed E-state index contributed by atoms with van der Waals surface area (Å²) < 4.78 is 0. The number of aliphatic carboxylic acids is 1. The van der Waals surface area contributed by atoms with Crippen molar-refractivity contribution in [3.8, 4) is 0 Å². The third kappa shape index (κ3) is 3.94. The van der Waals surface area contributed by atoms with E-state index in [9.17, 15) is 24.4 Å². The first-order chi connectivity index (χ1) is 14.2. The smallest absolute Gasteiger partial charge is 0.353 e. The van der Waals surface area contributed by atoms with Crippen LogP contribution in [0.3, 0.4) is 0 Å². The van der Waals surface area contributed by atoms with Gasteiger partial charge in [0.15, 0.2) is 5.13 Å². The number of carboxylic acid groups (broad SMARTS) is 1. The number of thioether (sulfide) groups is 1. The molecular formula is C14H15N9O5S2. The molecule has 2 amide bonds. The summed E-state index contributed by atoms with van der Waals surface area (Å²) in [5, 5.41) is 22.6. The van der Waals surface area contributed by atoms with Crippen LogP contribution in [0.1, 0.15) is 11.7 Å². The number of nitrogens with zero attached hydrogens (tertiary/aromatic N) is 5. The molecule has 0 aliphatic carbocycles. The van der Waals surface area contributed by atoms with E-state index in [4.69, 9.17) is 17.2 Å². The molecule has 1 aromatic heterocycles. The number of thiazole rings is 1. The number of nitrogens with two attached hydrogens (primary N) is 3. The lowest BCUT2D eigenvalue weighted by Gasteiger charge is -2.49. The highest BCUT2D eigenvalue weighted by molar-refractivity contribution is 8.00. The Kier molecular flexibility index (Phi) is 5.97. The molecule has 1 aromatic rings. The molecule has 1 fully saturated rings. The van der Waals surface area contributed by atoms with Gasteiger partial charge in [0.2, 0.25) is 12.0 Å². The minimum atomic E-state index is -1.48. The van der Waals surface area contributed by atoms with E-state index in [-0.39, 0.29) is 33.8 Å². The number of carbonyl (C=O) groups is 3. The molecule has 0 bridgehead atoms. The summed E-state index contributed by atoms with van der Waals surface area (Å²) in [7, 11) is 0. The van der Waals surface area contributed by atoms with Gasteiger partial charge in [-0.15, -0.1) is 33.1 Å². The molecule has 0 spiro atoms. The van der Waals surface area contributed by atoms with Gasteiger partial charge in [0, 0.05) is 16.7 Å². The number of amides is 2. The van der Waals surface area contributed by atoms with Crippen molar-refractivity contribution >= 4 is 58.2 Å². The van der Waals surface area contributed by atoms with Gasteiger partial charge in [0.05, 0.1) is 11.9 Å². The van der Waals surface area contributed by atoms with E-state index in [1.165, 1.54) is 17.1 Å². The standard InChI is InChI=1S/C14H15N9O5S2/c15-13(16)21-18-1-4-2-29-11-7(10(25)23(11)8(4)12(26)27)20-9(24)6(22-28)5-3-30-14(17)19-5/h1,3,6-7,11H,2H2,(H2,17,19)(H,20,24)(H,26,27)(H4,15,16,21)/t6?,7?,11-/m0/s1. The predicted octanol–water partition coefficient (Wildman–Crippen LogP) is -1.47. The highest BCUT2D eigenvalue weighted by Gasteiger charge is 2.54. The Hall–Kier alpha value is -3.53. The van der Waals surface area contributed by atoms with Crippen molar-refractivity contribution < 1.29 is 19.5 Å². The largest absolute Gasteiger partial charge is 0.477 e. The van der Waals surface area contributed by atoms with E-state index >= 15 is 0 Å². The van der Waals surface area contributed by atoms with Crippen molar-refractivity contribution in [1.29, 1.82) is 0 Å². The minimum absolute atomic E-state index is 0.0641. The molecule has 2 aliphatic rings. The highest BCUT2D eigenvalue weighted by Crippen LogP contribution is 2.40. The van der Waals surface area contributed by atoms with E-state index in [1.54, 1.807) is 0 Å². The van der Waals surface area contributed by atoms with Gasteiger partial charge >= 0.3 is 5.97 Å². The first kappa shape index (κ1) is 21.2. The molecule has 30 heavy (non-hydrogen) atoms. The van der Waals surface area contributed by atoms with E-state index in [1.807, 2.05) is 0 Å². The van der Waals surface area contributed by atoms with Crippen LogP contribution >= 0.6 is 23.1 Å². The van der Waals surface area contributed by atoms with Crippen LogP contribution < -0.4 is 22.5 Å². The zero-order valence-electron chi connectivity index (χ0n) is 15.0. The Morgan fingerprint density at radius 3 is 2.73 bits per heavy atom. The number of carboxylic acids is 1. The fourth-order valence-electron chi connectivity index (χ4n) is 2.80. The average Bonchev–Trinajstić information content (AvgIpc) is 3.11. The number of fused-ring (bicyclic) bond motifs is 1. The summed E-state index contributed by atoms with van der Waals surface area (Å²) >= 11 is 2.23. The molecule has 0 aromatic carbocycles. The number of hydrogen-bond donors (Lipinski definition) is 5.